The van der Waals surface area contributed by atoms with Gasteiger partial charge in [-0.15, -0.1) is 0 Å². The zero-order valence-corrected chi connectivity index (χ0v) is 14.7. The van der Waals surface area contributed by atoms with Gasteiger partial charge in [-0.2, -0.15) is 4.98 Å². The summed E-state index contributed by atoms with van der Waals surface area (Å²) in [5.41, 5.74) is 0.951. The van der Waals surface area contributed by atoms with Crippen molar-refractivity contribution in [2.45, 2.75) is 26.3 Å². The van der Waals surface area contributed by atoms with E-state index in [-0.39, 0.29) is 6.04 Å². The molecule has 0 fully saturated rings. The molecule has 1 aromatic carbocycles. The summed E-state index contributed by atoms with van der Waals surface area (Å²) in [5, 5.41) is 11.5. The average molecular weight is 356 g/mol. The van der Waals surface area contributed by atoms with Crippen LogP contribution in [0.15, 0.2) is 27.7 Å². The van der Waals surface area contributed by atoms with Crippen molar-refractivity contribution in [3.8, 4) is 0 Å². The van der Waals surface area contributed by atoms with E-state index in [4.69, 9.17) is 27.7 Å². The van der Waals surface area contributed by atoms with E-state index in [1.54, 1.807) is 20.0 Å². The lowest BCUT2D eigenvalue weighted by atomic mass is 10.1. The maximum Gasteiger partial charge on any atom is 0.228 e. The Balaban J connectivity index is 1.88. The number of aliphatic imine (C=N–C) groups is 1. The Hall–Kier alpha value is -1.79. The lowest BCUT2D eigenvalue weighted by Crippen LogP contribution is -2.39. The topological polar surface area (TPSA) is 75.3 Å². The highest BCUT2D eigenvalue weighted by Gasteiger charge is 2.12. The second-order valence-corrected chi connectivity index (χ2v) is 5.86. The number of nitrogens with zero attached hydrogens (tertiary/aromatic N) is 3. The van der Waals surface area contributed by atoms with Gasteiger partial charge in [0, 0.05) is 30.1 Å². The van der Waals surface area contributed by atoms with Crippen LogP contribution in [0.2, 0.25) is 10.0 Å². The van der Waals surface area contributed by atoms with Crippen LogP contribution >= 0.6 is 23.2 Å². The summed E-state index contributed by atoms with van der Waals surface area (Å²) in [7, 11) is 1.71. The van der Waals surface area contributed by atoms with Gasteiger partial charge in [0.15, 0.2) is 11.8 Å². The first kappa shape index (κ1) is 17.6. The first-order valence-electron chi connectivity index (χ1n) is 7.21. The zero-order chi connectivity index (χ0) is 16.8. The summed E-state index contributed by atoms with van der Waals surface area (Å²) in [4.78, 5) is 8.35. The Kier molecular flexibility index (Phi) is 6.24. The van der Waals surface area contributed by atoms with Crippen LogP contribution in [0.25, 0.3) is 0 Å². The highest BCUT2D eigenvalue weighted by molar-refractivity contribution is 6.35. The van der Waals surface area contributed by atoms with Crippen LogP contribution in [0.5, 0.6) is 0 Å². The largest absolute Gasteiger partial charge is 0.356 e. The molecule has 2 aromatic rings. The van der Waals surface area contributed by atoms with Gasteiger partial charge in [-0.3, -0.25) is 4.99 Å². The third-order valence-electron chi connectivity index (χ3n) is 3.21. The molecule has 1 unspecified atom stereocenters. The van der Waals surface area contributed by atoms with Crippen molar-refractivity contribution in [1.82, 2.24) is 20.8 Å². The first-order valence-corrected chi connectivity index (χ1v) is 7.96. The van der Waals surface area contributed by atoms with E-state index in [0.717, 1.165) is 5.56 Å². The predicted octanol–water partition coefficient (Wildman–Crippen LogP) is 3.15. The molecule has 0 spiro atoms. The van der Waals surface area contributed by atoms with Gasteiger partial charge < -0.3 is 15.2 Å². The summed E-state index contributed by atoms with van der Waals surface area (Å²) in [6.45, 7) is 4.42. The van der Waals surface area contributed by atoms with Gasteiger partial charge in [0.2, 0.25) is 5.89 Å². The Morgan fingerprint density at radius 1 is 1.39 bits per heavy atom. The summed E-state index contributed by atoms with van der Waals surface area (Å²) in [6.07, 6.45) is 0.623. The van der Waals surface area contributed by atoms with Crippen molar-refractivity contribution >= 4 is 29.2 Å². The fourth-order valence-corrected chi connectivity index (χ4v) is 2.63. The second kappa shape index (κ2) is 8.17. The Bertz CT molecular complexity index is 686. The van der Waals surface area contributed by atoms with Crippen molar-refractivity contribution in [2.24, 2.45) is 4.99 Å². The molecule has 124 valence electrons. The van der Waals surface area contributed by atoms with Gasteiger partial charge >= 0.3 is 0 Å². The maximum atomic E-state index is 6.23. The molecular formula is C15H19Cl2N5O. The molecule has 0 aliphatic heterocycles. The van der Waals surface area contributed by atoms with Gasteiger partial charge in [-0.25, -0.2) is 0 Å². The third-order valence-corrected chi connectivity index (χ3v) is 3.77. The van der Waals surface area contributed by atoms with Gasteiger partial charge in [0.05, 0.1) is 6.04 Å². The molecule has 1 aromatic heterocycles. The van der Waals surface area contributed by atoms with Gasteiger partial charge in [0.25, 0.3) is 0 Å². The van der Waals surface area contributed by atoms with Crippen LogP contribution in [0.1, 0.15) is 30.2 Å². The molecule has 0 saturated carbocycles. The monoisotopic (exact) mass is 355 g/mol. The number of nitrogens with one attached hydrogen (secondary N) is 2. The van der Waals surface area contributed by atoms with Crippen molar-refractivity contribution in [2.75, 3.05) is 13.6 Å². The molecular weight excluding hydrogens is 337 g/mol. The smallest absolute Gasteiger partial charge is 0.228 e. The van der Waals surface area contributed by atoms with Crippen LogP contribution in [0, 0.1) is 6.92 Å². The van der Waals surface area contributed by atoms with Gasteiger partial charge in [-0.05, 0) is 31.5 Å². The molecule has 1 atom stereocenters. The summed E-state index contributed by atoms with van der Waals surface area (Å²) in [5.74, 6) is 1.90. The number of guanidine groups is 1. The van der Waals surface area contributed by atoms with Gasteiger partial charge in [0.1, 0.15) is 0 Å². The van der Waals surface area contributed by atoms with Crippen LogP contribution in [-0.2, 0) is 6.42 Å². The van der Waals surface area contributed by atoms with E-state index in [1.807, 2.05) is 19.1 Å². The average Bonchev–Trinajstić information content (AvgIpc) is 2.91. The van der Waals surface area contributed by atoms with E-state index >= 15 is 0 Å². The third kappa shape index (κ3) is 5.11. The number of rotatable bonds is 5. The highest BCUT2D eigenvalue weighted by Crippen LogP contribution is 2.25. The van der Waals surface area contributed by atoms with Gasteiger partial charge in [-0.1, -0.05) is 34.4 Å². The van der Waals surface area contributed by atoms with E-state index in [1.165, 1.54) is 0 Å². The molecule has 2 N–H and O–H groups in total. The normalized spacial score (nSPS) is 13.0. The molecule has 6 nitrogen and oxygen atoms in total. The Labute approximate surface area is 145 Å². The molecule has 8 heteroatoms. The molecule has 0 aliphatic carbocycles. The minimum Gasteiger partial charge on any atom is -0.356 e. The lowest BCUT2D eigenvalue weighted by Gasteiger charge is -2.19. The van der Waals surface area contributed by atoms with Crippen molar-refractivity contribution in [3.63, 3.8) is 0 Å². The number of aromatic nitrogens is 2. The molecule has 0 saturated heterocycles. The van der Waals surface area contributed by atoms with Crippen LogP contribution in [-0.4, -0.2) is 29.7 Å². The molecule has 2 rings (SSSR count). The molecule has 23 heavy (non-hydrogen) atoms. The fraction of sp³-hybridized carbons (Fsp3) is 0.400. The minimum absolute atomic E-state index is 0.0170. The minimum atomic E-state index is -0.0170. The van der Waals surface area contributed by atoms with Crippen LogP contribution in [0.4, 0.5) is 0 Å². The summed E-state index contributed by atoms with van der Waals surface area (Å²) >= 11 is 12.1. The lowest BCUT2D eigenvalue weighted by molar-refractivity contribution is 0.374. The summed E-state index contributed by atoms with van der Waals surface area (Å²) < 4.78 is 5.07. The zero-order valence-electron chi connectivity index (χ0n) is 13.2. The first-order chi connectivity index (χ1) is 11.0. The molecule has 0 bridgehead atoms. The molecule has 0 radical (unpaired) electrons. The fourth-order valence-electron chi connectivity index (χ4n) is 2.06. The number of halogens is 2. The Morgan fingerprint density at radius 2 is 2.17 bits per heavy atom. The van der Waals surface area contributed by atoms with E-state index < -0.39 is 0 Å². The quantitative estimate of drug-likeness (QED) is 0.636. The van der Waals surface area contributed by atoms with Crippen LogP contribution < -0.4 is 10.6 Å². The number of benzene rings is 1. The van der Waals surface area contributed by atoms with Crippen molar-refractivity contribution in [1.29, 1.82) is 0 Å². The second-order valence-electron chi connectivity index (χ2n) is 5.02. The highest BCUT2D eigenvalue weighted by atomic mass is 35.5. The predicted molar refractivity (Wildman–Crippen MR) is 92.1 cm³/mol. The van der Waals surface area contributed by atoms with Crippen molar-refractivity contribution in [3.05, 3.63) is 45.5 Å². The Morgan fingerprint density at radius 3 is 2.78 bits per heavy atom. The van der Waals surface area contributed by atoms with E-state index in [2.05, 4.69) is 25.8 Å². The van der Waals surface area contributed by atoms with Crippen molar-refractivity contribution < 1.29 is 4.52 Å². The summed E-state index contributed by atoms with van der Waals surface area (Å²) in [6, 6.07) is 5.42. The SMILES string of the molecule is CN=C(NCCc1nc(C)no1)NC(C)c1ccc(Cl)cc1Cl. The maximum absolute atomic E-state index is 6.23. The molecule has 1 heterocycles. The molecule has 0 aliphatic rings. The standard InChI is InChI=1S/C15H19Cl2N5O/c1-9(12-5-4-11(16)8-13(12)17)20-15(18-3)19-7-6-14-21-10(2)22-23-14/h4-5,8-9H,6-7H2,1-3H3,(H2,18,19,20). The number of hydrogen-bond donors (Lipinski definition) is 2. The molecule has 0 amide bonds. The van der Waals surface area contributed by atoms with E-state index in [9.17, 15) is 0 Å². The van der Waals surface area contributed by atoms with Crippen LogP contribution in [0.3, 0.4) is 0 Å². The number of hydrogen-bond acceptors (Lipinski definition) is 4. The van der Waals surface area contributed by atoms with E-state index in [0.29, 0.717) is 40.7 Å². The number of aryl methyl sites for hydroxylation is 1.